The fourth-order valence-corrected chi connectivity index (χ4v) is 6.60. The number of aryl methyl sites for hydroxylation is 1. The van der Waals surface area contributed by atoms with Crippen molar-refractivity contribution in [2.45, 2.75) is 25.7 Å². The van der Waals surface area contributed by atoms with Crippen LogP contribution in [-0.4, -0.2) is 10.8 Å². The molecule has 0 fully saturated rings. The van der Waals surface area contributed by atoms with E-state index in [4.69, 9.17) is 10.7 Å². The Labute approximate surface area is 200 Å². The molecular formula is C28H22N2OS2. The van der Waals surface area contributed by atoms with Crippen molar-refractivity contribution in [3.8, 4) is 21.7 Å². The van der Waals surface area contributed by atoms with Crippen LogP contribution in [0.25, 0.3) is 31.9 Å². The second-order valence-electron chi connectivity index (χ2n) is 8.40. The minimum Gasteiger partial charge on any atom is -0.397 e. The van der Waals surface area contributed by atoms with E-state index in [1.54, 1.807) is 11.3 Å². The van der Waals surface area contributed by atoms with Gasteiger partial charge in [-0.2, -0.15) is 0 Å². The van der Waals surface area contributed by atoms with E-state index in [0.717, 1.165) is 46.3 Å². The number of carbonyl (C=O) groups excluding carboxylic acids is 1. The highest BCUT2D eigenvalue weighted by Crippen LogP contribution is 2.43. The lowest BCUT2D eigenvalue weighted by molar-refractivity contribution is 0.104. The zero-order valence-corrected chi connectivity index (χ0v) is 19.6. The van der Waals surface area contributed by atoms with Crippen molar-refractivity contribution in [3.05, 3.63) is 93.7 Å². The number of nitrogen functional groups attached to an aromatic ring is 1. The zero-order chi connectivity index (χ0) is 22.4. The molecule has 0 unspecified atom stereocenters. The minimum absolute atomic E-state index is 0.0302. The molecule has 0 spiro atoms. The van der Waals surface area contributed by atoms with E-state index < -0.39 is 0 Å². The number of hydrogen-bond acceptors (Lipinski definition) is 5. The van der Waals surface area contributed by atoms with Gasteiger partial charge >= 0.3 is 0 Å². The summed E-state index contributed by atoms with van der Waals surface area (Å²) in [7, 11) is 0. The first-order valence-corrected chi connectivity index (χ1v) is 12.9. The largest absolute Gasteiger partial charge is 0.397 e. The summed E-state index contributed by atoms with van der Waals surface area (Å²) in [5, 5.41) is 3.09. The maximum atomic E-state index is 13.5. The van der Waals surface area contributed by atoms with Crippen LogP contribution in [0.15, 0.2) is 72.1 Å². The molecule has 162 valence electrons. The summed E-state index contributed by atoms with van der Waals surface area (Å²) < 4.78 is 0. The van der Waals surface area contributed by atoms with Gasteiger partial charge in [0.1, 0.15) is 9.71 Å². The van der Waals surface area contributed by atoms with Crippen molar-refractivity contribution in [2.75, 3.05) is 5.73 Å². The summed E-state index contributed by atoms with van der Waals surface area (Å²) in [6.45, 7) is 0. The highest BCUT2D eigenvalue weighted by molar-refractivity contribution is 7.21. The second kappa shape index (κ2) is 8.25. The van der Waals surface area contributed by atoms with Crippen LogP contribution in [0, 0.1) is 0 Å². The first-order valence-electron chi connectivity index (χ1n) is 11.2. The third kappa shape index (κ3) is 3.48. The average Bonchev–Trinajstić information content (AvgIpc) is 3.52. The first-order chi connectivity index (χ1) is 16.2. The molecule has 1 aliphatic carbocycles. The van der Waals surface area contributed by atoms with Crippen LogP contribution in [0.2, 0.25) is 0 Å². The lowest BCUT2D eigenvalue weighted by Gasteiger charge is -2.19. The zero-order valence-electron chi connectivity index (χ0n) is 18.0. The Bertz CT molecular complexity index is 1470. The second-order valence-corrected chi connectivity index (χ2v) is 10.3. The SMILES string of the molecule is Nc1c(C(=O)c2ccc(-c3ccccc3)cc2)sc2nc(-c3cccs3)c3c(c12)CCCC3. The number of anilines is 1. The van der Waals surface area contributed by atoms with Gasteiger partial charge in [-0.15, -0.1) is 22.7 Å². The number of aromatic nitrogens is 1. The van der Waals surface area contributed by atoms with E-state index in [1.807, 2.05) is 42.5 Å². The molecule has 1 aliphatic rings. The van der Waals surface area contributed by atoms with Crippen LogP contribution < -0.4 is 5.73 Å². The molecule has 3 nitrogen and oxygen atoms in total. The summed E-state index contributed by atoms with van der Waals surface area (Å²) in [4.78, 5) is 21.2. The van der Waals surface area contributed by atoms with Crippen molar-refractivity contribution in [1.82, 2.24) is 4.98 Å². The van der Waals surface area contributed by atoms with Crippen LogP contribution in [0.4, 0.5) is 5.69 Å². The number of carbonyl (C=O) groups is 1. The summed E-state index contributed by atoms with van der Waals surface area (Å²) in [5.41, 5.74) is 13.8. The summed E-state index contributed by atoms with van der Waals surface area (Å²) >= 11 is 3.15. The molecule has 0 atom stereocenters. The van der Waals surface area contributed by atoms with Crippen LogP contribution >= 0.6 is 22.7 Å². The van der Waals surface area contributed by atoms with E-state index in [2.05, 4.69) is 29.6 Å². The maximum Gasteiger partial charge on any atom is 0.205 e. The molecule has 0 radical (unpaired) electrons. The monoisotopic (exact) mass is 466 g/mol. The molecule has 6 rings (SSSR count). The molecule has 5 aromatic rings. The Kier molecular flexibility index (Phi) is 5.08. The minimum atomic E-state index is -0.0302. The summed E-state index contributed by atoms with van der Waals surface area (Å²) in [6.07, 6.45) is 4.33. The standard InChI is InChI=1S/C28H22N2OS2/c29-24-23-20-9-4-5-10-21(20)25(22-11-6-16-32-22)30-28(23)33-27(24)26(31)19-14-12-18(13-15-19)17-7-2-1-3-8-17/h1-3,6-8,11-16H,4-5,9-10,29H2. The van der Waals surface area contributed by atoms with E-state index in [-0.39, 0.29) is 5.78 Å². The van der Waals surface area contributed by atoms with E-state index in [9.17, 15) is 4.79 Å². The number of rotatable bonds is 4. The van der Waals surface area contributed by atoms with Gasteiger partial charge in [-0.1, -0.05) is 60.7 Å². The number of fused-ring (bicyclic) bond motifs is 3. The molecule has 2 N–H and O–H groups in total. The van der Waals surface area contributed by atoms with Crippen molar-refractivity contribution in [1.29, 1.82) is 0 Å². The lowest BCUT2D eigenvalue weighted by Crippen LogP contribution is -2.07. The molecule has 0 aliphatic heterocycles. The number of hydrogen-bond donors (Lipinski definition) is 1. The fraction of sp³-hybridized carbons (Fsp3) is 0.143. The van der Waals surface area contributed by atoms with Gasteiger partial charge in [-0.05, 0) is 59.4 Å². The van der Waals surface area contributed by atoms with Crippen molar-refractivity contribution in [2.24, 2.45) is 0 Å². The smallest absolute Gasteiger partial charge is 0.205 e. The van der Waals surface area contributed by atoms with E-state index >= 15 is 0 Å². The van der Waals surface area contributed by atoms with E-state index in [1.165, 1.54) is 33.8 Å². The number of benzene rings is 2. The van der Waals surface area contributed by atoms with Crippen LogP contribution in [0.5, 0.6) is 0 Å². The van der Waals surface area contributed by atoms with Gasteiger partial charge in [-0.3, -0.25) is 4.79 Å². The van der Waals surface area contributed by atoms with Crippen molar-refractivity contribution < 1.29 is 4.79 Å². The number of ketones is 1. The van der Waals surface area contributed by atoms with Gasteiger partial charge in [0, 0.05) is 10.9 Å². The van der Waals surface area contributed by atoms with Gasteiger partial charge in [0.05, 0.1) is 16.3 Å². The molecule has 3 heterocycles. The predicted octanol–water partition coefficient (Wildman–Crippen LogP) is 7.38. The van der Waals surface area contributed by atoms with Gasteiger partial charge in [-0.25, -0.2) is 4.98 Å². The summed E-state index contributed by atoms with van der Waals surface area (Å²) in [6, 6.07) is 22.2. The highest BCUT2D eigenvalue weighted by Gasteiger charge is 2.26. The molecule has 0 bridgehead atoms. The molecule has 3 aromatic heterocycles. The Balaban J connectivity index is 1.44. The number of nitrogens with zero attached hydrogens (tertiary/aromatic N) is 1. The predicted molar refractivity (Wildman–Crippen MR) is 139 cm³/mol. The lowest BCUT2D eigenvalue weighted by atomic mass is 9.88. The quantitative estimate of drug-likeness (QED) is 0.281. The van der Waals surface area contributed by atoms with Crippen LogP contribution in [0.1, 0.15) is 39.2 Å². The topological polar surface area (TPSA) is 56.0 Å². The molecule has 0 amide bonds. The average molecular weight is 467 g/mol. The molecule has 33 heavy (non-hydrogen) atoms. The maximum absolute atomic E-state index is 13.5. The summed E-state index contributed by atoms with van der Waals surface area (Å²) in [5.74, 6) is -0.0302. The van der Waals surface area contributed by atoms with Gasteiger partial charge in [0.2, 0.25) is 5.78 Å². The van der Waals surface area contributed by atoms with Crippen LogP contribution in [0.3, 0.4) is 0 Å². The van der Waals surface area contributed by atoms with Gasteiger partial charge in [0.25, 0.3) is 0 Å². The van der Waals surface area contributed by atoms with Gasteiger partial charge < -0.3 is 5.73 Å². The Hall–Kier alpha value is -3.28. The fourth-order valence-electron chi connectivity index (χ4n) is 4.77. The number of pyridine rings is 1. The van der Waals surface area contributed by atoms with Crippen molar-refractivity contribution >= 4 is 44.4 Å². The van der Waals surface area contributed by atoms with Crippen LogP contribution in [-0.2, 0) is 12.8 Å². The Morgan fingerprint density at radius 2 is 1.58 bits per heavy atom. The highest BCUT2D eigenvalue weighted by atomic mass is 32.1. The normalized spacial score (nSPS) is 13.2. The van der Waals surface area contributed by atoms with E-state index in [0.29, 0.717) is 16.1 Å². The number of thiophene rings is 2. The molecule has 0 saturated carbocycles. The molecular weight excluding hydrogens is 444 g/mol. The van der Waals surface area contributed by atoms with Crippen molar-refractivity contribution in [3.63, 3.8) is 0 Å². The third-order valence-corrected chi connectivity index (χ3v) is 8.39. The van der Waals surface area contributed by atoms with Gasteiger partial charge in [0.15, 0.2) is 0 Å². The Morgan fingerprint density at radius 3 is 2.30 bits per heavy atom. The Morgan fingerprint density at radius 1 is 0.848 bits per heavy atom. The first kappa shape index (κ1) is 20.3. The number of nitrogens with two attached hydrogens (primary N) is 1. The molecule has 5 heteroatoms. The molecule has 0 saturated heterocycles. The third-order valence-electron chi connectivity index (χ3n) is 6.41. The molecule has 2 aromatic carbocycles.